The van der Waals surface area contributed by atoms with Crippen molar-refractivity contribution in [2.45, 2.75) is 69.4 Å². The molecule has 3 aliphatic rings. The Labute approximate surface area is 262 Å². The SMILES string of the molecule is O=C(c1cn(C[C@@]2(O)CCN(C(=O)C(CC(F)(F)F)CC(F)(F)F)CC23CCCC3)c(=O)cc1-c1ccccc1)N1CCNCC1. The van der Waals surface area contributed by atoms with E-state index in [1.54, 1.807) is 29.2 Å². The van der Waals surface area contributed by atoms with Gasteiger partial charge in [-0.1, -0.05) is 43.2 Å². The van der Waals surface area contributed by atoms with Crippen molar-refractivity contribution in [1.82, 2.24) is 19.7 Å². The van der Waals surface area contributed by atoms with E-state index < -0.39 is 53.6 Å². The Morgan fingerprint density at radius 1 is 0.891 bits per heavy atom. The molecular formula is C32H38F6N4O4. The van der Waals surface area contributed by atoms with Crippen LogP contribution in [0.3, 0.4) is 0 Å². The number of aliphatic hydroxyl groups is 1. The summed E-state index contributed by atoms with van der Waals surface area (Å²) in [4.78, 5) is 43.2. The van der Waals surface area contributed by atoms with Gasteiger partial charge in [-0.2, -0.15) is 26.3 Å². The number of nitrogens with one attached hydrogen (secondary N) is 1. The Kier molecular flexibility index (Phi) is 9.61. The van der Waals surface area contributed by atoms with Gasteiger partial charge in [0.2, 0.25) is 5.91 Å². The van der Waals surface area contributed by atoms with Gasteiger partial charge in [0.05, 0.1) is 36.5 Å². The van der Waals surface area contributed by atoms with Crippen LogP contribution < -0.4 is 10.9 Å². The highest BCUT2D eigenvalue weighted by molar-refractivity contribution is 6.00. The van der Waals surface area contributed by atoms with Gasteiger partial charge in [-0.25, -0.2) is 0 Å². The van der Waals surface area contributed by atoms with E-state index in [1.807, 2.05) is 6.07 Å². The van der Waals surface area contributed by atoms with Gasteiger partial charge in [-0.05, 0) is 24.8 Å². The van der Waals surface area contributed by atoms with Gasteiger partial charge >= 0.3 is 12.4 Å². The molecule has 1 aromatic carbocycles. The smallest absolute Gasteiger partial charge is 0.387 e. The van der Waals surface area contributed by atoms with Crippen molar-refractivity contribution in [2.75, 3.05) is 39.3 Å². The van der Waals surface area contributed by atoms with E-state index in [4.69, 9.17) is 0 Å². The second kappa shape index (κ2) is 13.0. The highest BCUT2D eigenvalue weighted by atomic mass is 19.4. The summed E-state index contributed by atoms with van der Waals surface area (Å²) in [5, 5.41) is 15.4. The lowest BCUT2D eigenvalue weighted by molar-refractivity contribution is -0.190. The standard InChI is InChI=1S/C32H38F6N4O4/c33-31(34,35)17-23(18-32(36,37)38)27(44)41-13-10-30(46,29(20-41)8-4-5-9-29)21-42-19-25(28(45)40-14-11-39-12-15-40)24(16-26(42)43)22-6-2-1-3-7-22/h1-3,6-7,16,19,23,39,46H,4-5,8-15,17-18,20-21H2/t30-/m0/s1. The average molecular weight is 657 g/mol. The maximum Gasteiger partial charge on any atom is 0.389 e. The molecule has 2 aromatic rings. The van der Waals surface area contributed by atoms with Crippen LogP contribution in [0.15, 0.2) is 47.4 Å². The molecule has 2 aliphatic heterocycles. The third-order valence-corrected chi connectivity index (χ3v) is 9.73. The molecule has 46 heavy (non-hydrogen) atoms. The second-order valence-corrected chi connectivity index (χ2v) is 12.8. The number of carbonyl (C=O) groups excluding carboxylic acids is 2. The van der Waals surface area contributed by atoms with Gasteiger partial charge in [-0.3, -0.25) is 14.4 Å². The molecule has 2 N–H and O–H groups in total. The molecule has 252 valence electrons. The number of aromatic nitrogens is 1. The fourth-order valence-electron chi connectivity index (χ4n) is 7.39. The van der Waals surface area contributed by atoms with Crippen LogP contribution in [0.25, 0.3) is 11.1 Å². The van der Waals surface area contributed by atoms with Gasteiger partial charge in [-0.15, -0.1) is 0 Å². The second-order valence-electron chi connectivity index (χ2n) is 12.8. The van der Waals surface area contributed by atoms with Crippen molar-refractivity contribution in [3.63, 3.8) is 0 Å². The van der Waals surface area contributed by atoms with Crippen molar-refractivity contribution in [2.24, 2.45) is 11.3 Å². The zero-order valence-electron chi connectivity index (χ0n) is 25.3. The third-order valence-electron chi connectivity index (χ3n) is 9.73. The fraction of sp³-hybridized carbons (Fsp3) is 0.594. The van der Waals surface area contributed by atoms with Crippen molar-refractivity contribution >= 4 is 11.8 Å². The Bertz CT molecular complexity index is 1450. The number of benzene rings is 1. The largest absolute Gasteiger partial charge is 0.389 e. The molecule has 2 saturated heterocycles. The van der Waals surface area contributed by atoms with Crippen LogP contribution in [0, 0.1) is 11.3 Å². The van der Waals surface area contributed by atoms with Crippen molar-refractivity contribution in [1.29, 1.82) is 0 Å². The van der Waals surface area contributed by atoms with Gasteiger partial charge in [0.1, 0.15) is 0 Å². The van der Waals surface area contributed by atoms with E-state index in [1.165, 1.54) is 16.8 Å². The van der Waals surface area contributed by atoms with E-state index in [2.05, 4.69) is 5.32 Å². The maximum atomic E-state index is 13.8. The number of amides is 2. The lowest BCUT2D eigenvalue weighted by Crippen LogP contribution is -2.62. The summed E-state index contributed by atoms with van der Waals surface area (Å²) in [5.74, 6) is -3.84. The predicted molar refractivity (Wildman–Crippen MR) is 157 cm³/mol. The summed E-state index contributed by atoms with van der Waals surface area (Å²) in [6.45, 7) is 1.40. The van der Waals surface area contributed by atoms with E-state index in [9.17, 15) is 45.8 Å². The summed E-state index contributed by atoms with van der Waals surface area (Å²) in [6, 6.07) is 10.3. The minimum Gasteiger partial charge on any atom is -0.387 e. The molecule has 14 heteroatoms. The van der Waals surface area contributed by atoms with E-state index in [0.29, 0.717) is 63.0 Å². The number of nitrogens with zero attached hydrogens (tertiary/aromatic N) is 3. The molecular weight excluding hydrogens is 618 g/mol. The monoisotopic (exact) mass is 656 g/mol. The molecule has 1 spiro atoms. The highest BCUT2D eigenvalue weighted by Gasteiger charge is 2.56. The molecule has 1 aliphatic carbocycles. The van der Waals surface area contributed by atoms with Crippen LogP contribution in [0.4, 0.5) is 26.3 Å². The summed E-state index contributed by atoms with van der Waals surface area (Å²) in [5.41, 5.74) is -1.78. The summed E-state index contributed by atoms with van der Waals surface area (Å²) in [7, 11) is 0. The first-order valence-corrected chi connectivity index (χ1v) is 15.5. The van der Waals surface area contributed by atoms with E-state index >= 15 is 0 Å². The topological polar surface area (TPSA) is 94.9 Å². The maximum absolute atomic E-state index is 13.8. The molecule has 8 nitrogen and oxygen atoms in total. The average Bonchev–Trinajstić information content (AvgIpc) is 3.48. The number of piperidine rings is 1. The van der Waals surface area contributed by atoms with Crippen LogP contribution >= 0.6 is 0 Å². The Morgan fingerprint density at radius 2 is 1.50 bits per heavy atom. The number of rotatable bonds is 7. The van der Waals surface area contributed by atoms with Crippen molar-refractivity contribution in [3.05, 3.63) is 58.5 Å². The summed E-state index contributed by atoms with van der Waals surface area (Å²) < 4.78 is 80.5. The quantitative estimate of drug-likeness (QED) is 0.425. The first-order valence-electron chi connectivity index (χ1n) is 15.5. The lowest BCUT2D eigenvalue weighted by atomic mass is 9.65. The number of pyridine rings is 1. The first-order chi connectivity index (χ1) is 21.6. The predicted octanol–water partition coefficient (Wildman–Crippen LogP) is 4.61. The number of halogens is 6. The molecule has 3 fully saturated rings. The van der Waals surface area contributed by atoms with Gasteiger partial charge in [0.15, 0.2) is 0 Å². The van der Waals surface area contributed by atoms with Gasteiger partial charge < -0.3 is 24.8 Å². The number of hydrogen-bond donors (Lipinski definition) is 2. The molecule has 1 atom stereocenters. The number of alkyl halides is 6. The Hall–Kier alpha value is -3.39. The molecule has 0 unspecified atom stereocenters. The first kappa shape index (κ1) is 34.0. The lowest BCUT2D eigenvalue weighted by Gasteiger charge is -2.53. The molecule has 3 heterocycles. The zero-order chi connectivity index (χ0) is 33.3. The summed E-state index contributed by atoms with van der Waals surface area (Å²) >= 11 is 0. The van der Waals surface area contributed by atoms with E-state index in [0.717, 1.165) is 4.90 Å². The van der Waals surface area contributed by atoms with Crippen molar-refractivity contribution < 1.29 is 41.0 Å². The van der Waals surface area contributed by atoms with E-state index in [-0.39, 0.29) is 37.5 Å². The molecule has 2 amide bonds. The Balaban J connectivity index is 1.46. The zero-order valence-corrected chi connectivity index (χ0v) is 25.3. The molecule has 1 saturated carbocycles. The number of carbonyl (C=O) groups is 2. The van der Waals surface area contributed by atoms with Crippen LogP contribution in [0.5, 0.6) is 0 Å². The van der Waals surface area contributed by atoms with Crippen LogP contribution in [-0.2, 0) is 11.3 Å². The summed E-state index contributed by atoms with van der Waals surface area (Å²) in [6.07, 6.45) is -10.4. The van der Waals surface area contributed by atoms with Gasteiger partial charge in [0.25, 0.3) is 11.5 Å². The van der Waals surface area contributed by atoms with Crippen molar-refractivity contribution in [3.8, 4) is 11.1 Å². The van der Waals surface area contributed by atoms with Crippen LogP contribution in [-0.4, -0.2) is 88.5 Å². The third kappa shape index (κ3) is 7.43. The fourth-order valence-corrected chi connectivity index (χ4v) is 7.39. The number of likely N-dealkylation sites (tertiary alicyclic amines) is 1. The molecule has 0 bridgehead atoms. The molecule has 1 aromatic heterocycles. The number of piperazine rings is 1. The van der Waals surface area contributed by atoms with Gasteiger partial charge in [0, 0.05) is 62.5 Å². The molecule has 0 radical (unpaired) electrons. The number of hydrogen-bond acceptors (Lipinski definition) is 5. The highest BCUT2D eigenvalue weighted by Crippen LogP contribution is 2.52. The normalized spacial score (nSPS) is 22.1. The molecule has 5 rings (SSSR count). The van der Waals surface area contributed by atoms with Crippen LogP contribution in [0.2, 0.25) is 0 Å². The van der Waals surface area contributed by atoms with Crippen LogP contribution in [0.1, 0.15) is 55.3 Å². The minimum absolute atomic E-state index is 0.155. The Morgan fingerprint density at radius 3 is 2.09 bits per heavy atom. The minimum atomic E-state index is -4.97.